The van der Waals surface area contributed by atoms with Gasteiger partial charge >= 0.3 is 0 Å². The van der Waals surface area contributed by atoms with Gasteiger partial charge in [-0.05, 0) is 12.8 Å². The maximum atomic E-state index is 11.4. The summed E-state index contributed by atoms with van der Waals surface area (Å²) in [4.78, 5) is 22.7. The fraction of sp³-hybridized carbons (Fsp3) is 0.800. The number of hydrogen-bond acceptors (Lipinski definition) is 3. The van der Waals surface area contributed by atoms with Crippen LogP contribution in [0.15, 0.2) is 0 Å². The molecule has 2 amide bonds. The molecule has 2 fully saturated rings. The van der Waals surface area contributed by atoms with Gasteiger partial charge in [0.15, 0.2) is 0 Å². The molecule has 0 aromatic heterocycles. The number of nitrogens with one attached hydrogen (secondary N) is 1. The summed E-state index contributed by atoms with van der Waals surface area (Å²) < 4.78 is 0. The number of carbonyl (C=O) groups is 2. The van der Waals surface area contributed by atoms with Gasteiger partial charge in [-0.3, -0.25) is 14.9 Å². The summed E-state index contributed by atoms with van der Waals surface area (Å²) in [5, 5.41) is 2.30. The quantitative estimate of drug-likeness (QED) is 0.548. The lowest BCUT2D eigenvalue weighted by molar-refractivity contribution is -0.141. The van der Waals surface area contributed by atoms with Crippen LogP contribution >= 0.6 is 0 Å². The minimum Gasteiger partial charge on any atom is -0.319 e. The second kappa shape index (κ2) is 3.35. The second-order valence-electron chi connectivity index (χ2n) is 4.49. The van der Waals surface area contributed by atoms with Gasteiger partial charge in [0.25, 0.3) is 0 Å². The normalized spacial score (nSPS) is 31.6. The van der Waals surface area contributed by atoms with Crippen LogP contribution in [-0.2, 0) is 9.59 Å². The highest BCUT2D eigenvalue weighted by molar-refractivity contribution is 6.01. The van der Waals surface area contributed by atoms with E-state index in [4.69, 9.17) is 5.73 Å². The van der Waals surface area contributed by atoms with E-state index in [0.717, 1.165) is 25.7 Å². The SMILES string of the molecule is NC1C(=O)NC(=O)CC12CCCCC2. The lowest BCUT2D eigenvalue weighted by Gasteiger charge is -2.43. The summed E-state index contributed by atoms with van der Waals surface area (Å²) in [5.74, 6) is -0.443. The van der Waals surface area contributed by atoms with E-state index in [1.54, 1.807) is 0 Å². The summed E-state index contributed by atoms with van der Waals surface area (Å²) in [6, 6.07) is -0.486. The van der Waals surface area contributed by atoms with Crippen molar-refractivity contribution < 1.29 is 9.59 Å². The van der Waals surface area contributed by atoms with Crippen LogP contribution in [0, 0.1) is 5.41 Å². The number of nitrogens with two attached hydrogens (primary N) is 1. The molecule has 2 aliphatic rings. The van der Waals surface area contributed by atoms with Crippen molar-refractivity contribution >= 4 is 11.8 Å². The van der Waals surface area contributed by atoms with Crippen LogP contribution in [0.4, 0.5) is 0 Å². The van der Waals surface area contributed by atoms with E-state index in [1.807, 2.05) is 0 Å². The Morgan fingerprint density at radius 2 is 1.86 bits per heavy atom. The Hall–Kier alpha value is -0.900. The van der Waals surface area contributed by atoms with Gasteiger partial charge in [0, 0.05) is 11.8 Å². The highest BCUT2D eigenvalue weighted by atomic mass is 16.2. The minimum atomic E-state index is -0.486. The number of rotatable bonds is 0. The average Bonchev–Trinajstić information content (AvgIpc) is 2.15. The zero-order valence-electron chi connectivity index (χ0n) is 8.21. The molecule has 2 rings (SSSR count). The minimum absolute atomic E-state index is 0.154. The second-order valence-corrected chi connectivity index (χ2v) is 4.49. The van der Waals surface area contributed by atoms with Crippen LogP contribution < -0.4 is 11.1 Å². The molecule has 1 saturated heterocycles. The van der Waals surface area contributed by atoms with Crippen LogP contribution in [-0.4, -0.2) is 17.9 Å². The van der Waals surface area contributed by atoms with E-state index in [1.165, 1.54) is 6.42 Å². The number of carbonyl (C=O) groups excluding carboxylic acids is 2. The first-order valence-corrected chi connectivity index (χ1v) is 5.23. The van der Waals surface area contributed by atoms with Crippen LogP contribution in [0.3, 0.4) is 0 Å². The maximum absolute atomic E-state index is 11.4. The van der Waals surface area contributed by atoms with Crippen molar-refractivity contribution in [1.29, 1.82) is 0 Å². The third-order valence-corrected chi connectivity index (χ3v) is 3.57. The molecule has 1 unspecified atom stereocenters. The molecule has 0 radical (unpaired) electrons. The number of amides is 2. The Kier molecular flexibility index (Phi) is 2.31. The first-order valence-electron chi connectivity index (χ1n) is 5.23. The molecule has 78 valence electrons. The predicted octanol–water partition coefficient (Wildman–Crippen LogP) is 0.311. The standard InChI is InChI=1S/C10H16N2O2/c11-8-9(14)12-7(13)6-10(8)4-2-1-3-5-10/h8H,1-6,11H2,(H,12,13,14). The molecule has 1 spiro atoms. The third kappa shape index (κ3) is 1.43. The van der Waals surface area contributed by atoms with E-state index in [0.29, 0.717) is 6.42 Å². The summed E-state index contributed by atoms with van der Waals surface area (Å²) in [6.45, 7) is 0. The van der Waals surface area contributed by atoms with Gasteiger partial charge in [-0.25, -0.2) is 0 Å². The summed E-state index contributed by atoms with van der Waals surface area (Å²) in [7, 11) is 0. The lowest BCUT2D eigenvalue weighted by atomic mass is 9.65. The molecular weight excluding hydrogens is 180 g/mol. The molecule has 0 bridgehead atoms. The molecule has 3 N–H and O–H groups in total. The average molecular weight is 196 g/mol. The van der Waals surface area contributed by atoms with Gasteiger partial charge in [-0.15, -0.1) is 0 Å². The lowest BCUT2D eigenvalue weighted by Crippen LogP contribution is -2.60. The van der Waals surface area contributed by atoms with Gasteiger partial charge in [0.1, 0.15) is 0 Å². The Balaban J connectivity index is 2.21. The first kappa shape index (κ1) is 9.65. The van der Waals surface area contributed by atoms with E-state index in [2.05, 4.69) is 5.32 Å². The van der Waals surface area contributed by atoms with Crippen LogP contribution in [0.5, 0.6) is 0 Å². The molecule has 0 aromatic rings. The van der Waals surface area contributed by atoms with Crippen molar-refractivity contribution in [2.24, 2.45) is 11.1 Å². The number of piperidine rings is 1. The molecule has 1 atom stereocenters. The summed E-state index contributed by atoms with van der Waals surface area (Å²) in [6.07, 6.45) is 5.66. The predicted molar refractivity (Wildman–Crippen MR) is 51.3 cm³/mol. The Morgan fingerprint density at radius 1 is 1.21 bits per heavy atom. The van der Waals surface area contributed by atoms with Gasteiger partial charge in [0.05, 0.1) is 6.04 Å². The van der Waals surface area contributed by atoms with E-state index in [9.17, 15) is 9.59 Å². The Labute approximate surface area is 83.2 Å². The molecule has 4 heteroatoms. The van der Waals surface area contributed by atoms with E-state index < -0.39 is 6.04 Å². The maximum Gasteiger partial charge on any atom is 0.244 e. The molecule has 1 aliphatic carbocycles. The first-order chi connectivity index (χ1) is 6.64. The fourth-order valence-electron chi connectivity index (χ4n) is 2.71. The van der Waals surface area contributed by atoms with Gasteiger partial charge < -0.3 is 5.73 Å². The number of hydrogen-bond donors (Lipinski definition) is 2. The highest BCUT2D eigenvalue weighted by Crippen LogP contribution is 2.42. The Bertz CT molecular complexity index is 269. The molecule has 1 aliphatic heterocycles. The number of imide groups is 1. The molecule has 4 nitrogen and oxygen atoms in total. The van der Waals surface area contributed by atoms with Crippen molar-refractivity contribution in [2.45, 2.75) is 44.6 Å². The van der Waals surface area contributed by atoms with E-state index >= 15 is 0 Å². The van der Waals surface area contributed by atoms with Crippen molar-refractivity contribution in [2.75, 3.05) is 0 Å². The van der Waals surface area contributed by atoms with Crippen LogP contribution in [0.2, 0.25) is 0 Å². The molecule has 0 aromatic carbocycles. The highest BCUT2D eigenvalue weighted by Gasteiger charge is 2.46. The third-order valence-electron chi connectivity index (χ3n) is 3.57. The molecular formula is C10H16N2O2. The zero-order chi connectivity index (χ0) is 10.2. The summed E-state index contributed by atoms with van der Waals surface area (Å²) in [5.41, 5.74) is 5.66. The van der Waals surface area contributed by atoms with Gasteiger partial charge in [-0.1, -0.05) is 19.3 Å². The van der Waals surface area contributed by atoms with Gasteiger partial charge in [0.2, 0.25) is 11.8 Å². The largest absolute Gasteiger partial charge is 0.319 e. The van der Waals surface area contributed by atoms with Crippen LogP contribution in [0.25, 0.3) is 0 Å². The molecule has 1 heterocycles. The van der Waals surface area contributed by atoms with E-state index in [-0.39, 0.29) is 17.2 Å². The van der Waals surface area contributed by atoms with Crippen molar-refractivity contribution in [3.63, 3.8) is 0 Å². The fourth-order valence-corrected chi connectivity index (χ4v) is 2.71. The van der Waals surface area contributed by atoms with Gasteiger partial charge in [-0.2, -0.15) is 0 Å². The van der Waals surface area contributed by atoms with Crippen molar-refractivity contribution in [1.82, 2.24) is 5.32 Å². The molecule has 14 heavy (non-hydrogen) atoms. The van der Waals surface area contributed by atoms with Crippen molar-refractivity contribution in [3.05, 3.63) is 0 Å². The topological polar surface area (TPSA) is 72.2 Å². The zero-order valence-corrected chi connectivity index (χ0v) is 8.21. The monoisotopic (exact) mass is 196 g/mol. The van der Waals surface area contributed by atoms with Crippen LogP contribution in [0.1, 0.15) is 38.5 Å². The smallest absolute Gasteiger partial charge is 0.244 e. The summed E-state index contributed by atoms with van der Waals surface area (Å²) >= 11 is 0. The Morgan fingerprint density at radius 3 is 2.50 bits per heavy atom. The molecule has 1 saturated carbocycles. The van der Waals surface area contributed by atoms with Crippen molar-refractivity contribution in [3.8, 4) is 0 Å².